The summed E-state index contributed by atoms with van der Waals surface area (Å²) in [6.45, 7) is 2.65. The third-order valence-electron chi connectivity index (χ3n) is 15.9. The van der Waals surface area contributed by atoms with Gasteiger partial charge in [0.05, 0.1) is 26.4 Å². The number of allylic oxidation sites excluding steroid dienone is 12. The van der Waals surface area contributed by atoms with E-state index in [1.165, 1.54) is 148 Å². The van der Waals surface area contributed by atoms with Crippen LogP contribution in [0.1, 0.15) is 329 Å². The van der Waals surface area contributed by atoms with Crippen molar-refractivity contribution in [2.24, 2.45) is 0 Å². The largest absolute Gasteiger partial charge is 0.472 e. The molecule has 0 saturated carbocycles. The van der Waals surface area contributed by atoms with Gasteiger partial charge < -0.3 is 34.2 Å². The highest BCUT2D eigenvalue weighted by molar-refractivity contribution is 7.47. The number of rotatable bonds is 71. The minimum absolute atomic E-state index is 0.0960. The molecule has 0 saturated heterocycles. The minimum Gasteiger partial charge on any atom is -0.463 e. The van der Waals surface area contributed by atoms with Crippen LogP contribution in [0.25, 0.3) is 0 Å². The normalized spacial score (nSPS) is 14.5. The van der Waals surface area contributed by atoms with Crippen LogP contribution in [0.4, 0.5) is 0 Å². The molecule has 0 aliphatic rings. The zero-order valence-electron chi connectivity index (χ0n) is 58.9. The molecule has 0 aromatic carbocycles. The fourth-order valence-corrected chi connectivity index (χ4v) is 11.7. The summed E-state index contributed by atoms with van der Waals surface area (Å²) in [4.78, 5) is 58.5. The van der Waals surface area contributed by atoms with Gasteiger partial charge in [0.25, 0.3) is 0 Å². The Balaban J connectivity index is 4.51. The third-order valence-corrected chi connectivity index (χ3v) is 17.8. The van der Waals surface area contributed by atoms with Crippen molar-refractivity contribution < 1.29 is 75.8 Å². The summed E-state index contributed by atoms with van der Waals surface area (Å²) in [5.41, 5.74) is 0. The van der Waals surface area contributed by atoms with E-state index in [4.69, 9.17) is 32.3 Å². The fourth-order valence-electron chi connectivity index (χ4n) is 10.1. The van der Waals surface area contributed by atoms with E-state index in [1.807, 2.05) is 0 Å². The number of ether oxygens (including phenoxy) is 3. The van der Waals surface area contributed by atoms with Gasteiger partial charge in [-0.3, -0.25) is 32.5 Å². The zero-order valence-corrected chi connectivity index (χ0v) is 60.7. The van der Waals surface area contributed by atoms with Gasteiger partial charge in [-0.2, -0.15) is 0 Å². The molecule has 0 aromatic rings. The van der Waals surface area contributed by atoms with E-state index in [-0.39, 0.29) is 19.3 Å². The molecule has 5 atom stereocenters. The van der Waals surface area contributed by atoms with Crippen molar-refractivity contribution in [1.82, 2.24) is 0 Å². The van der Waals surface area contributed by atoms with Gasteiger partial charge in [0.15, 0.2) is 6.10 Å². The molecule has 93 heavy (non-hydrogen) atoms. The van der Waals surface area contributed by atoms with Gasteiger partial charge in [-0.15, -0.1) is 0 Å². The van der Waals surface area contributed by atoms with Gasteiger partial charge in [0, 0.05) is 19.3 Å². The van der Waals surface area contributed by atoms with Crippen LogP contribution in [0.3, 0.4) is 0 Å². The summed E-state index contributed by atoms with van der Waals surface area (Å²) in [5, 5.41) is 20.6. The molecule has 16 nitrogen and oxygen atoms in total. The van der Waals surface area contributed by atoms with Crippen molar-refractivity contribution in [3.63, 3.8) is 0 Å². The lowest BCUT2D eigenvalue weighted by Gasteiger charge is -2.21. The Morgan fingerprint density at radius 3 is 0.882 bits per heavy atom. The third kappa shape index (κ3) is 70.1. The number of phosphoric ester groups is 2. The first-order chi connectivity index (χ1) is 45.2. The van der Waals surface area contributed by atoms with E-state index in [0.29, 0.717) is 19.3 Å². The molecule has 0 radical (unpaired) electrons. The highest BCUT2D eigenvalue weighted by atomic mass is 31.2. The second-order valence-electron chi connectivity index (χ2n) is 25.1. The number of unbranched alkanes of at least 4 members (excludes halogenated alkanes) is 36. The Morgan fingerprint density at radius 1 is 0.301 bits per heavy atom. The van der Waals surface area contributed by atoms with E-state index in [2.05, 4.69) is 93.7 Å². The van der Waals surface area contributed by atoms with Crippen molar-refractivity contribution in [3.8, 4) is 0 Å². The van der Waals surface area contributed by atoms with Crippen LogP contribution in [-0.2, 0) is 55.8 Å². The van der Waals surface area contributed by atoms with Crippen LogP contribution < -0.4 is 0 Å². The predicted octanol–water partition coefficient (Wildman–Crippen LogP) is 21.1. The molecule has 18 heteroatoms. The number of carbonyl (C=O) groups is 3. The van der Waals surface area contributed by atoms with E-state index in [0.717, 1.165) is 122 Å². The number of aliphatic hydroxyl groups excluding tert-OH is 2. The number of hydrogen-bond donors (Lipinski definition) is 4. The SMILES string of the molecule is CCCCC/C=C\C/C=C\C/C=C\C/C=C\CCCCCCCCCCCCCC(=O)OCC(O)COP(=O)(O)OCC(O)COP(=O)(O)OCC(COC(=O)CCCCCCC/C=C\CCCCCCCC)OC(=O)CCCCCCC/C=C\CCCCCCCC. The zero-order chi connectivity index (χ0) is 68.1. The van der Waals surface area contributed by atoms with Crippen molar-refractivity contribution >= 4 is 33.6 Å². The number of aliphatic hydroxyl groups is 2. The lowest BCUT2D eigenvalue weighted by Crippen LogP contribution is -2.30. The molecule has 0 bridgehead atoms. The van der Waals surface area contributed by atoms with Gasteiger partial charge in [0.2, 0.25) is 0 Å². The highest BCUT2D eigenvalue weighted by Gasteiger charge is 2.29. The van der Waals surface area contributed by atoms with Crippen LogP contribution >= 0.6 is 15.6 Å². The summed E-state index contributed by atoms with van der Waals surface area (Å²) >= 11 is 0. The Kier molecular flexibility index (Phi) is 66.7. The molecule has 0 amide bonds. The highest BCUT2D eigenvalue weighted by Crippen LogP contribution is 2.45. The maximum Gasteiger partial charge on any atom is 0.472 e. The summed E-state index contributed by atoms with van der Waals surface area (Å²) in [6, 6.07) is 0. The molecule has 0 spiro atoms. The predicted molar refractivity (Wildman–Crippen MR) is 381 cm³/mol. The van der Waals surface area contributed by atoms with Crippen molar-refractivity contribution in [2.45, 2.75) is 347 Å². The van der Waals surface area contributed by atoms with Gasteiger partial charge >= 0.3 is 33.6 Å². The van der Waals surface area contributed by atoms with Crippen molar-refractivity contribution in [2.75, 3.05) is 39.6 Å². The molecular formula is C75H136O16P2. The second-order valence-corrected chi connectivity index (χ2v) is 28.0. The summed E-state index contributed by atoms with van der Waals surface area (Å²) in [6.07, 6.45) is 73.8. The minimum atomic E-state index is -4.92. The Hall–Kier alpha value is -3.01. The maximum absolute atomic E-state index is 12.9. The molecule has 0 aliphatic carbocycles. The maximum atomic E-state index is 12.9. The van der Waals surface area contributed by atoms with E-state index >= 15 is 0 Å². The smallest absolute Gasteiger partial charge is 0.463 e. The fraction of sp³-hybridized carbons (Fsp3) is 0.800. The average molecular weight is 1360 g/mol. The molecule has 4 N–H and O–H groups in total. The van der Waals surface area contributed by atoms with E-state index in [9.17, 15) is 43.5 Å². The Morgan fingerprint density at radius 2 is 0.538 bits per heavy atom. The topological polar surface area (TPSA) is 231 Å². The molecule has 0 heterocycles. The van der Waals surface area contributed by atoms with Crippen LogP contribution in [0.5, 0.6) is 0 Å². The number of hydrogen-bond acceptors (Lipinski definition) is 14. The average Bonchev–Trinajstić information content (AvgIpc) is 3.71. The van der Waals surface area contributed by atoms with Gasteiger partial charge in [-0.05, 0) is 116 Å². The molecule has 542 valence electrons. The van der Waals surface area contributed by atoms with Crippen LogP contribution in [-0.4, -0.2) is 95.9 Å². The lowest BCUT2D eigenvalue weighted by molar-refractivity contribution is -0.161. The molecular weight excluding hydrogens is 1220 g/mol. The molecule has 5 unspecified atom stereocenters. The summed E-state index contributed by atoms with van der Waals surface area (Å²) < 4.78 is 61.0. The monoisotopic (exact) mass is 1350 g/mol. The quantitative estimate of drug-likeness (QED) is 0.0146. The first kappa shape index (κ1) is 90.0. The Labute approximate surface area is 566 Å². The first-order valence-electron chi connectivity index (χ1n) is 37.2. The second kappa shape index (κ2) is 68.9. The van der Waals surface area contributed by atoms with Gasteiger partial charge in [-0.25, -0.2) is 9.13 Å². The van der Waals surface area contributed by atoms with Crippen LogP contribution in [0.2, 0.25) is 0 Å². The molecule has 0 aliphatic heterocycles. The Bertz CT molecular complexity index is 1990. The van der Waals surface area contributed by atoms with Crippen molar-refractivity contribution in [3.05, 3.63) is 72.9 Å². The van der Waals surface area contributed by atoms with E-state index in [1.54, 1.807) is 0 Å². The van der Waals surface area contributed by atoms with E-state index < -0.39 is 91.5 Å². The molecule has 0 rings (SSSR count). The number of carbonyl (C=O) groups excluding carboxylic acids is 3. The number of phosphoric acid groups is 2. The van der Waals surface area contributed by atoms with Crippen LogP contribution in [0.15, 0.2) is 72.9 Å². The van der Waals surface area contributed by atoms with Gasteiger partial charge in [-0.1, -0.05) is 267 Å². The van der Waals surface area contributed by atoms with Gasteiger partial charge in [0.1, 0.15) is 25.4 Å². The number of esters is 3. The summed E-state index contributed by atoms with van der Waals surface area (Å²) in [7, 11) is -9.77. The standard InChI is InChI=1S/C75H136O16P2/c1-4-7-10-13-16-19-22-25-28-29-30-31-32-33-34-35-36-37-38-39-42-44-46-49-52-55-58-61-73(78)85-64-70(76)65-87-92(81,82)88-66-71(77)67-89-93(83,84)90-69-72(91-75(80)63-60-57-54-51-48-45-41-27-24-21-18-15-12-9-6-3)68-86-74(79)62-59-56-53-50-47-43-40-26-23-20-17-14-11-8-5-2/h16,19,25-28,30-31,33-34,40-41,70-72,76-77H,4-15,17-18,20-24,29,32,35-39,42-69H2,1-3H3,(H,81,82)(H,83,84)/b19-16-,28-25-,31-30-,34-33-,40-26-,41-27-. The van der Waals surface area contributed by atoms with Crippen molar-refractivity contribution in [1.29, 1.82) is 0 Å². The van der Waals surface area contributed by atoms with Crippen LogP contribution in [0, 0.1) is 0 Å². The molecule has 0 aromatic heterocycles. The lowest BCUT2D eigenvalue weighted by atomic mass is 10.0. The first-order valence-corrected chi connectivity index (χ1v) is 40.2. The molecule has 0 fully saturated rings. The summed E-state index contributed by atoms with van der Waals surface area (Å²) in [5.74, 6) is -1.58.